The molecule has 0 radical (unpaired) electrons. The van der Waals surface area contributed by atoms with Crippen LogP contribution in [0.3, 0.4) is 0 Å². The lowest BCUT2D eigenvalue weighted by molar-refractivity contribution is -0.184. The summed E-state index contributed by atoms with van der Waals surface area (Å²) in [6, 6.07) is 12.9. The summed E-state index contributed by atoms with van der Waals surface area (Å²) in [5.74, 6) is -1.66. The highest BCUT2D eigenvalue weighted by atomic mass is 32.1. The molecule has 0 saturated carbocycles. The van der Waals surface area contributed by atoms with Gasteiger partial charge in [-0.15, -0.1) is 16.4 Å². The summed E-state index contributed by atoms with van der Waals surface area (Å²) in [6.07, 6.45) is -3.95. The predicted molar refractivity (Wildman–Crippen MR) is 99.4 cm³/mol. The zero-order valence-electron chi connectivity index (χ0n) is 14.8. The normalized spacial score (nSPS) is 17.7. The first-order valence-electron chi connectivity index (χ1n) is 8.86. The van der Waals surface area contributed by atoms with Crippen molar-refractivity contribution in [3.8, 4) is 16.4 Å². The number of rotatable bonds is 3. The number of benzene rings is 1. The Kier molecular flexibility index (Phi) is 4.92. The Morgan fingerprint density at radius 2 is 1.93 bits per heavy atom. The van der Waals surface area contributed by atoms with Crippen molar-refractivity contribution in [2.24, 2.45) is 5.92 Å². The van der Waals surface area contributed by atoms with Crippen LogP contribution in [0.2, 0.25) is 0 Å². The van der Waals surface area contributed by atoms with Gasteiger partial charge in [0.15, 0.2) is 5.82 Å². The lowest BCUT2D eigenvalue weighted by Gasteiger charge is -2.33. The zero-order valence-corrected chi connectivity index (χ0v) is 15.6. The molecule has 9 heteroatoms. The second-order valence-corrected chi connectivity index (χ2v) is 7.56. The van der Waals surface area contributed by atoms with E-state index in [0.717, 1.165) is 10.6 Å². The molecule has 2 aromatic heterocycles. The summed E-state index contributed by atoms with van der Waals surface area (Å²) in [6.45, 7) is -0.0732. The van der Waals surface area contributed by atoms with Gasteiger partial charge in [0.25, 0.3) is 5.91 Å². The van der Waals surface area contributed by atoms with Crippen LogP contribution in [0, 0.1) is 5.92 Å². The van der Waals surface area contributed by atoms with E-state index in [9.17, 15) is 18.0 Å². The molecular weight excluding hydrogens is 389 g/mol. The summed E-state index contributed by atoms with van der Waals surface area (Å²) >= 11 is 1.45. The van der Waals surface area contributed by atoms with Crippen LogP contribution in [0.15, 0.2) is 47.8 Å². The highest BCUT2D eigenvalue weighted by Crippen LogP contribution is 2.33. The van der Waals surface area contributed by atoms with Gasteiger partial charge in [0.05, 0.1) is 16.5 Å². The van der Waals surface area contributed by atoms with Crippen molar-refractivity contribution in [3.05, 3.63) is 53.7 Å². The van der Waals surface area contributed by atoms with E-state index < -0.39 is 18.0 Å². The molecule has 1 amide bonds. The number of aromatic nitrogens is 3. The Bertz CT molecular complexity index is 953. The Balaban J connectivity index is 1.68. The number of halogens is 3. The highest BCUT2D eigenvalue weighted by molar-refractivity contribution is 7.13. The van der Waals surface area contributed by atoms with E-state index in [0.29, 0.717) is 12.2 Å². The first-order chi connectivity index (χ1) is 13.4. The number of hydrogen-bond donors (Lipinski definition) is 0. The number of piperidine rings is 1. The lowest BCUT2D eigenvalue weighted by atomic mass is 9.97. The smallest absolute Gasteiger partial charge is 0.335 e. The molecule has 0 bridgehead atoms. The number of para-hydroxylation sites is 1. The largest absolute Gasteiger partial charge is 0.393 e. The monoisotopic (exact) mass is 406 g/mol. The van der Waals surface area contributed by atoms with E-state index in [2.05, 4.69) is 10.1 Å². The van der Waals surface area contributed by atoms with Crippen molar-refractivity contribution >= 4 is 17.2 Å². The van der Waals surface area contributed by atoms with Crippen molar-refractivity contribution in [2.45, 2.75) is 19.0 Å². The Labute approximate surface area is 163 Å². The van der Waals surface area contributed by atoms with Gasteiger partial charge in [-0.1, -0.05) is 24.3 Å². The van der Waals surface area contributed by atoms with Gasteiger partial charge in [-0.2, -0.15) is 13.2 Å². The van der Waals surface area contributed by atoms with Gasteiger partial charge < -0.3 is 4.90 Å². The number of carbonyl (C=O) groups excluding carboxylic acids is 1. The van der Waals surface area contributed by atoms with Gasteiger partial charge in [-0.25, -0.2) is 9.67 Å². The topological polar surface area (TPSA) is 51.0 Å². The number of hydrogen-bond acceptors (Lipinski definition) is 4. The van der Waals surface area contributed by atoms with Gasteiger partial charge in [-0.3, -0.25) is 4.79 Å². The second-order valence-electron chi connectivity index (χ2n) is 6.62. The van der Waals surface area contributed by atoms with E-state index in [1.165, 1.54) is 16.2 Å². The molecule has 1 fully saturated rings. The lowest BCUT2D eigenvalue weighted by Crippen LogP contribution is -2.44. The minimum absolute atomic E-state index is 0.0413. The third-order valence-electron chi connectivity index (χ3n) is 4.71. The molecular formula is C19H17F3N4OS. The van der Waals surface area contributed by atoms with Crippen molar-refractivity contribution in [3.63, 3.8) is 0 Å². The summed E-state index contributed by atoms with van der Waals surface area (Å²) in [7, 11) is 0. The van der Waals surface area contributed by atoms with Crippen LogP contribution in [0.1, 0.15) is 23.5 Å². The molecule has 1 aliphatic heterocycles. The quantitative estimate of drug-likeness (QED) is 0.647. The fourth-order valence-corrected chi connectivity index (χ4v) is 3.99. The van der Waals surface area contributed by atoms with Crippen molar-refractivity contribution < 1.29 is 18.0 Å². The maximum atomic E-state index is 13.1. The average Bonchev–Trinajstić information content (AvgIpc) is 3.37. The minimum Gasteiger partial charge on any atom is -0.335 e. The fourth-order valence-electron chi connectivity index (χ4n) is 3.29. The standard InChI is InChI=1S/C19H17F3N4OS/c20-19(21,22)13-6-4-10-25(12-13)18(27)16-23-17(15-9-5-11-28-15)26(24-16)14-7-2-1-3-8-14/h1-3,5,7-9,11,13H,4,6,10,12H2/t13-/m0/s1. The number of nitrogens with zero attached hydrogens (tertiary/aromatic N) is 4. The van der Waals surface area contributed by atoms with Crippen LogP contribution < -0.4 is 0 Å². The number of likely N-dealkylation sites (tertiary alicyclic amines) is 1. The second kappa shape index (κ2) is 7.38. The van der Waals surface area contributed by atoms with E-state index in [1.54, 1.807) is 4.68 Å². The Hall–Kier alpha value is -2.68. The average molecular weight is 406 g/mol. The molecule has 1 aliphatic rings. The number of alkyl halides is 3. The van der Waals surface area contributed by atoms with Gasteiger partial charge in [-0.05, 0) is 36.4 Å². The van der Waals surface area contributed by atoms with Gasteiger partial charge in [0.1, 0.15) is 0 Å². The third-order valence-corrected chi connectivity index (χ3v) is 5.58. The Morgan fingerprint density at radius 3 is 2.61 bits per heavy atom. The molecule has 4 rings (SSSR count). The predicted octanol–water partition coefficient (Wildman–Crippen LogP) is 4.41. The number of carbonyl (C=O) groups is 1. The van der Waals surface area contributed by atoms with E-state index >= 15 is 0 Å². The SMILES string of the molecule is O=C(c1nc(-c2cccs2)n(-c2ccccc2)n1)N1CCC[C@H](C(F)(F)F)C1. The maximum absolute atomic E-state index is 13.1. The van der Waals surface area contributed by atoms with Crippen LogP contribution in [0.25, 0.3) is 16.4 Å². The molecule has 1 atom stereocenters. The molecule has 146 valence electrons. The van der Waals surface area contributed by atoms with Crippen LogP contribution in [-0.2, 0) is 0 Å². The summed E-state index contributed by atoms with van der Waals surface area (Å²) in [5, 5.41) is 6.23. The molecule has 1 saturated heterocycles. The molecule has 0 spiro atoms. The van der Waals surface area contributed by atoms with Crippen LogP contribution in [0.4, 0.5) is 13.2 Å². The Morgan fingerprint density at radius 1 is 1.14 bits per heavy atom. The van der Waals surface area contributed by atoms with Gasteiger partial charge in [0.2, 0.25) is 5.82 Å². The van der Waals surface area contributed by atoms with E-state index in [4.69, 9.17) is 0 Å². The molecule has 0 N–H and O–H groups in total. The number of amides is 1. The molecule has 3 heterocycles. The van der Waals surface area contributed by atoms with Crippen molar-refractivity contribution in [1.82, 2.24) is 19.7 Å². The molecule has 1 aromatic carbocycles. The van der Waals surface area contributed by atoms with Gasteiger partial charge in [0, 0.05) is 13.1 Å². The fraction of sp³-hybridized carbons (Fsp3) is 0.316. The molecule has 0 unspecified atom stereocenters. The summed E-state index contributed by atoms with van der Waals surface area (Å²) < 4.78 is 40.8. The molecule has 28 heavy (non-hydrogen) atoms. The van der Waals surface area contributed by atoms with E-state index in [-0.39, 0.29) is 25.3 Å². The first-order valence-corrected chi connectivity index (χ1v) is 9.74. The third kappa shape index (κ3) is 3.66. The zero-order chi connectivity index (χ0) is 19.7. The highest BCUT2D eigenvalue weighted by Gasteiger charge is 2.43. The van der Waals surface area contributed by atoms with E-state index in [1.807, 2.05) is 47.8 Å². The summed E-state index contributed by atoms with van der Waals surface area (Å²) in [5.41, 5.74) is 0.726. The minimum atomic E-state index is -4.31. The molecule has 5 nitrogen and oxygen atoms in total. The van der Waals surface area contributed by atoms with Gasteiger partial charge >= 0.3 is 6.18 Å². The first kappa shape index (κ1) is 18.7. The maximum Gasteiger partial charge on any atom is 0.393 e. The summed E-state index contributed by atoms with van der Waals surface area (Å²) in [4.78, 5) is 19.3. The van der Waals surface area contributed by atoms with Crippen molar-refractivity contribution in [2.75, 3.05) is 13.1 Å². The van der Waals surface area contributed by atoms with Crippen LogP contribution in [0.5, 0.6) is 0 Å². The molecule has 3 aromatic rings. The number of thiophene rings is 1. The van der Waals surface area contributed by atoms with Crippen LogP contribution >= 0.6 is 11.3 Å². The van der Waals surface area contributed by atoms with Crippen molar-refractivity contribution in [1.29, 1.82) is 0 Å². The molecule has 0 aliphatic carbocycles. The van der Waals surface area contributed by atoms with Crippen LogP contribution in [-0.4, -0.2) is 44.8 Å².